The van der Waals surface area contributed by atoms with E-state index < -0.39 is 11.6 Å². The summed E-state index contributed by atoms with van der Waals surface area (Å²) < 4.78 is 20.4. The zero-order chi connectivity index (χ0) is 16.3. The fourth-order valence-corrected chi connectivity index (χ4v) is 3.82. The van der Waals surface area contributed by atoms with Gasteiger partial charge >= 0.3 is 0 Å². The number of rotatable bonds is 3. The summed E-state index contributed by atoms with van der Waals surface area (Å²) in [4.78, 5) is 28.9. The first-order valence-electron chi connectivity index (χ1n) is 7.95. The van der Waals surface area contributed by atoms with E-state index in [1.54, 1.807) is 0 Å². The molecule has 23 heavy (non-hydrogen) atoms. The Kier molecular flexibility index (Phi) is 4.96. The number of thiophene rings is 1. The van der Waals surface area contributed by atoms with Crippen molar-refractivity contribution in [1.29, 1.82) is 0 Å². The van der Waals surface area contributed by atoms with E-state index in [4.69, 9.17) is 4.74 Å². The maximum absolute atomic E-state index is 15.2. The molecule has 126 valence electrons. The first kappa shape index (κ1) is 16.4. The summed E-state index contributed by atoms with van der Waals surface area (Å²) in [7, 11) is 0. The van der Waals surface area contributed by atoms with E-state index >= 15 is 4.39 Å². The van der Waals surface area contributed by atoms with Crippen LogP contribution in [0.2, 0.25) is 0 Å². The predicted molar refractivity (Wildman–Crippen MR) is 85.1 cm³/mol. The third-order valence-electron chi connectivity index (χ3n) is 4.38. The van der Waals surface area contributed by atoms with Crippen LogP contribution in [0.1, 0.15) is 17.7 Å². The van der Waals surface area contributed by atoms with Gasteiger partial charge in [-0.05, 0) is 24.3 Å². The minimum absolute atomic E-state index is 0.107. The monoisotopic (exact) mass is 340 g/mol. The lowest BCUT2D eigenvalue weighted by molar-refractivity contribution is -0.154. The minimum atomic E-state index is -1.96. The molecule has 3 heterocycles. The smallest absolute Gasteiger partial charge is 0.262 e. The molecule has 0 saturated carbocycles. The molecule has 2 aliphatic rings. The number of carbonyl (C=O) groups is 2. The minimum Gasteiger partial charge on any atom is -0.378 e. The number of morpholine rings is 1. The third kappa shape index (κ3) is 3.72. The van der Waals surface area contributed by atoms with Crippen LogP contribution in [0.15, 0.2) is 17.5 Å². The van der Waals surface area contributed by atoms with E-state index in [0.29, 0.717) is 39.3 Å². The molecule has 0 unspecified atom stereocenters. The lowest BCUT2D eigenvalue weighted by Gasteiger charge is -2.40. The van der Waals surface area contributed by atoms with Crippen LogP contribution < -0.4 is 0 Å². The van der Waals surface area contributed by atoms with Crippen molar-refractivity contribution in [1.82, 2.24) is 9.80 Å². The van der Waals surface area contributed by atoms with Gasteiger partial charge in [-0.25, -0.2) is 4.39 Å². The summed E-state index contributed by atoms with van der Waals surface area (Å²) in [5.74, 6) is -0.599. The number of nitrogens with zero attached hydrogens (tertiary/aromatic N) is 2. The number of piperidine rings is 1. The van der Waals surface area contributed by atoms with E-state index in [9.17, 15) is 9.59 Å². The van der Waals surface area contributed by atoms with Crippen molar-refractivity contribution in [3.05, 3.63) is 22.4 Å². The van der Waals surface area contributed by atoms with Crippen LogP contribution in [0, 0.1) is 0 Å². The molecule has 0 N–H and O–H groups in total. The summed E-state index contributed by atoms with van der Waals surface area (Å²) in [5, 5.41) is 1.92. The quantitative estimate of drug-likeness (QED) is 0.837. The number of halogens is 1. The summed E-state index contributed by atoms with van der Waals surface area (Å²) in [6.07, 6.45) is 0.980. The van der Waals surface area contributed by atoms with Crippen LogP contribution in [0.3, 0.4) is 0 Å². The van der Waals surface area contributed by atoms with Gasteiger partial charge in [-0.1, -0.05) is 6.07 Å². The Morgan fingerprint density at radius 2 is 2.04 bits per heavy atom. The third-order valence-corrected chi connectivity index (χ3v) is 5.26. The Labute approximate surface area is 139 Å². The molecule has 1 aromatic rings. The Balaban J connectivity index is 1.64. The summed E-state index contributed by atoms with van der Waals surface area (Å²) in [6.45, 7) is 2.13. The molecule has 0 aromatic carbocycles. The van der Waals surface area contributed by atoms with Crippen LogP contribution in [-0.2, 0) is 20.7 Å². The molecule has 5 nitrogen and oxygen atoms in total. The molecule has 3 rings (SSSR count). The molecule has 0 radical (unpaired) electrons. The number of alkyl halides is 1. The Hall–Kier alpha value is -1.47. The first-order chi connectivity index (χ1) is 11.1. The van der Waals surface area contributed by atoms with Crippen molar-refractivity contribution in [2.24, 2.45) is 0 Å². The fourth-order valence-electron chi connectivity index (χ4n) is 3.12. The maximum Gasteiger partial charge on any atom is 0.262 e. The molecule has 0 spiro atoms. The molecule has 7 heteroatoms. The normalized spacial score (nSPS) is 25.4. The molecule has 2 aliphatic heterocycles. The average molecular weight is 340 g/mol. The number of amides is 2. The number of carbonyl (C=O) groups excluding carboxylic acids is 2. The first-order valence-corrected chi connectivity index (χ1v) is 8.83. The van der Waals surface area contributed by atoms with Gasteiger partial charge in [-0.15, -0.1) is 11.3 Å². The Morgan fingerprint density at radius 3 is 2.74 bits per heavy atom. The van der Waals surface area contributed by atoms with Gasteiger partial charge in [0.15, 0.2) is 0 Å². The summed E-state index contributed by atoms with van der Waals surface area (Å²) in [6, 6.07) is 3.79. The van der Waals surface area contributed by atoms with Gasteiger partial charge in [0.1, 0.15) is 0 Å². The average Bonchev–Trinajstić information content (AvgIpc) is 3.08. The Bertz CT molecular complexity index is 560. The highest BCUT2D eigenvalue weighted by molar-refractivity contribution is 7.10. The van der Waals surface area contributed by atoms with Crippen molar-refractivity contribution in [3.8, 4) is 0 Å². The molecule has 1 atom stereocenters. The van der Waals surface area contributed by atoms with Gasteiger partial charge < -0.3 is 14.5 Å². The largest absolute Gasteiger partial charge is 0.378 e. The SMILES string of the molecule is O=C(Cc1cccs1)N1CCC[C@@](F)(C(=O)N2CCOCC2)C1. The maximum atomic E-state index is 15.2. The van der Waals surface area contributed by atoms with E-state index in [-0.39, 0.29) is 25.3 Å². The van der Waals surface area contributed by atoms with Gasteiger partial charge in [0.05, 0.1) is 26.2 Å². The zero-order valence-electron chi connectivity index (χ0n) is 13.0. The zero-order valence-corrected chi connectivity index (χ0v) is 13.8. The van der Waals surface area contributed by atoms with Gasteiger partial charge in [0.2, 0.25) is 11.6 Å². The second kappa shape index (κ2) is 6.97. The molecule has 1 aromatic heterocycles. The van der Waals surface area contributed by atoms with Crippen molar-refractivity contribution in [3.63, 3.8) is 0 Å². The number of ether oxygens (including phenoxy) is 1. The summed E-state index contributed by atoms with van der Waals surface area (Å²) in [5.41, 5.74) is -1.96. The standard InChI is InChI=1S/C16H21FN2O3S/c17-16(15(21)18-6-8-22-9-7-18)4-2-5-19(12-16)14(20)11-13-3-1-10-23-13/h1,3,10H,2,4-9,11-12H2/t16-/m0/s1. The summed E-state index contributed by atoms with van der Waals surface area (Å²) >= 11 is 1.51. The number of hydrogen-bond donors (Lipinski definition) is 0. The highest BCUT2D eigenvalue weighted by atomic mass is 32.1. The van der Waals surface area contributed by atoms with Gasteiger partial charge in [-0.3, -0.25) is 9.59 Å². The van der Waals surface area contributed by atoms with Crippen molar-refractivity contribution in [2.45, 2.75) is 24.9 Å². The van der Waals surface area contributed by atoms with Crippen LogP contribution >= 0.6 is 11.3 Å². The van der Waals surface area contributed by atoms with Crippen molar-refractivity contribution >= 4 is 23.2 Å². The van der Waals surface area contributed by atoms with Crippen LogP contribution in [-0.4, -0.2) is 66.7 Å². The van der Waals surface area contributed by atoms with E-state index in [2.05, 4.69) is 0 Å². The molecule has 0 bridgehead atoms. The van der Waals surface area contributed by atoms with Crippen molar-refractivity contribution in [2.75, 3.05) is 39.4 Å². The van der Waals surface area contributed by atoms with Gasteiger partial charge in [0, 0.05) is 24.5 Å². The van der Waals surface area contributed by atoms with Gasteiger partial charge in [-0.2, -0.15) is 0 Å². The molecule has 2 saturated heterocycles. The predicted octanol–water partition coefficient (Wildman–Crippen LogP) is 1.48. The Morgan fingerprint density at radius 1 is 1.26 bits per heavy atom. The van der Waals surface area contributed by atoms with E-state index in [0.717, 1.165) is 4.88 Å². The van der Waals surface area contributed by atoms with Crippen LogP contribution in [0.5, 0.6) is 0 Å². The van der Waals surface area contributed by atoms with Crippen molar-refractivity contribution < 1.29 is 18.7 Å². The van der Waals surface area contributed by atoms with Crippen LogP contribution in [0.4, 0.5) is 4.39 Å². The molecular formula is C16H21FN2O3S. The molecule has 0 aliphatic carbocycles. The molecular weight excluding hydrogens is 319 g/mol. The lowest BCUT2D eigenvalue weighted by atomic mass is 9.92. The second-order valence-corrected chi connectivity index (χ2v) is 7.08. The van der Waals surface area contributed by atoms with Gasteiger partial charge in [0.25, 0.3) is 5.91 Å². The number of likely N-dealkylation sites (tertiary alicyclic amines) is 1. The highest BCUT2D eigenvalue weighted by Gasteiger charge is 2.46. The van der Waals surface area contributed by atoms with E-state index in [1.807, 2.05) is 17.5 Å². The van der Waals surface area contributed by atoms with Crippen LogP contribution in [0.25, 0.3) is 0 Å². The topological polar surface area (TPSA) is 49.9 Å². The number of hydrogen-bond acceptors (Lipinski definition) is 4. The lowest BCUT2D eigenvalue weighted by Crippen LogP contribution is -2.58. The van der Waals surface area contributed by atoms with E-state index in [1.165, 1.54) is 21.1 Å². The molecule has 2 fully saturated rings. The fraction of sp³-hybridized carbons (Fsp3) is 0.625. The molecule has 2 amide bonds. The second-order valence-electron chi connectivity index (χ2n) is 6.04. The highest BCUT2D eigenvalue weighted by Crippen LogP contribution is 2.28.